The average Bonchev–Trinajstić information content (AvgIpc) is 2.43. The lowest BCUT2D eigenvalue weighted by atomic mass is 9.86. The summed E-state index contributed by atoms with van der Waals surface area (Å²) in [6, 6.07) is 10.1. The normalized spacial score (nSPS) is 11.3. The Balaban J connectivity index is 2.46. The van der Waals surface area contributed by atoms with Crippen LogP contribution in [0, 0.1) is 5.82 Å². The zero-order valence-electron chi connectivity index (χ0n) is 12.7. The molecule has 2 rings (SSSR count). The summed E-state index contributed by atoms with van der Waals surface area (Å²) in [5, 5.41) is 0. The smallest absolute Gasteiger partial charge is 0.153 e. The monoisotopic (exact) mass is 289 g/mol. The van der Waals surface area contributed by atoms with Crippen LogP contribution >= 0.6 is 0 Å². The van der Waals surface area contributed by atoms with E-state index in [1.54, 1.807) is 25.3 Å². The highest BCUT2D eigenvalue weighted by atomic mass is 19.1. The summed E-state index contributed by atoms with van der Waals surface area (Å²) in [5.74, 6) is 1.21. The second-order valence-corrected chi connectivity index (χ2v) is 5.87. The topological polar surface area (TPSA) is 44.5 Å². The van der Waals surface area contributed by atoms with Crippen molar-refractivity contribution in [2.24, 2.45) is 0 Å². The Kier molecular flexibility index (Phi) is 4.07. The number of halogens is 1. The third kappa shape index (κ3) is 3.27. The van der Waals surface area contributed by atoms with Gasteiger partial charge in [-0.25, -0.2) is 4.39 Å². The first-order valence-corrected chi connectivity index (χ1v) is 6.73. The van der Waals surface area contributed by atoms with Gasteiger partial charge in [0.05, 0.1) is 7.11 Å². The van der Waals surface area contributed by atoms with E-state index < -0.39 is 5.82 Å². The predicted molar refractivity (Wildman–Crippen MR) is 82.6 cm³/mol. The second kappa shape index (κ2) is 5.64. The van der Waals surface area contributed by atoms with E-state index in [9.17, 15) is 4.39 Å². The minimum atomic E-state index is -0.488. The maximum atomic E-state index is 13.5. The van der Waals surface area contributed by atoms with Crippen LogP contribution in [0.25, 0.3) is 0 Å². The van der Waals surface area contributed by atoms with Gasteiger partial charge in [0.15, 0.2) is 5.75 Å². The lowest BCUT2D eigenvalue weighted by Gasteiger charge is -2.23. The van der Waals surface area contributed by atoms with Crippen LogP contribution in [0.1, 0.15) is 26.3 Å². The fourth-order valence-electron chi connectivity index (χ4n) is 2.04. The first-order chi connectivity index (χ1) is 9.82. The van der Waals surface area contributed by atoms with Crippen LogP contribution in [-0.4, -0.2) is 7.11 Å². The van der Waals surface area contributed by atoms with Crippen LogP contribution in [0.15, 0.2) is 36.4 Å². The van der Waals surface area contributed by atoms with Crippen LogP contribution in [0.3, 0.4) is 0 Å². The Bertz CT molecular complexity index is 648. The molecule has 0 saturated carbocycles. The standard InChI is InChI=1S/C17H20FNO2/c1-17(2,3)12-10-11(20-4)8-9-14(12)21-15-7-5-6-13(18)16(15)19/h5-10H,19H2,1-4H3. The Morgan fingerprint density at radius 2 is 1.76 bits per heavy atom. The van der Waals surface area contributed by atoms with Gasteiger partial charge in [0.2, 0.25) is 0 Å². The van der Waals surface area contributed by atoms with Crippen molar-refractivity contribution in [3.63, 3.8) is 0 Å². The molecule has 0 saturated heterocycles. The summed E-state index contributed by atoms with van der Waals surface area (Å²) in [5.41, 5.74) is 6.55. The SMILES string of the molecule is COc1ccc(Oc2cccc(F)c2N)c(C(C)(C)C)c1. The van der Waals surface area contributed by atoms with E-state index in [-0.39, 0.29) is 11.1 Å². The largest absolute Gasteiger partial charge is 0.497 e. The number of ether oxygens (including phenoxy) is 2. The van der Waals surface area contributed by atoms with Crippen LogP contribution in [0.2, 0.25) is 0 Å². The van der Waals surface area contributed by atoms with Gasteiger partial charge < -0.3 is 15.2 Å². The number of para-hydroxylation sites is 1. The van der Waals surface area contributed by atoms with Gasteiger partial charge in [-0.05, 0) is 35.7 Å². The van der Waals surface area contributed by atoms with E-state index in [0.29, 0.717) is 11.5 Å². The highest BCUT2D eigenvalue weighted by molar-refractivity contribution is 5.56. The van der Waals surface area contributed by atoms with E-state index in [2.05, 4.69) is 20.8 Å². The molecule has 0 amide bonds. The summed E-state index contributed by atoms with van der Waals surface area (Å²) in [6.07, 6.45) is 0. The Labute approximate surface area is 124 Å². The van der Waals surface area contributed by atoms with Gasteiger partial charge in [-0.2, -0.15) is 0 Å². The second-order valence-electron chi connectivity index (χ2n) is 5.87. The van der Waals surface area contributed by atoms with Crippen molar-refractivity contribution in [1.82, 2.24) is 0 Å². The molecule has 112 valence electrons. The summed E-state index contributed by atoms with van der Waals surface area (Å²) < 4.78 is 24.6. The Morgan fingerprint density at radius 1 is 1.05 bits per heavy atom. The highest BCUT2D eigenvalue weighted by Gasteiger charge is 2.21. The first-order valence-electron chi connectivity index (χ1n) is 6.73. The maximum absolute atomic E-state index is 13.5. The summed E-state index contributed by atoms with van der Waals surface area (Å²) >= 11 is 0. The first kappa shape index (κ1) is 15.2. The molecule has 0 fully saturated rings. The molecular weight excluding hydrogens is 269 g/mol. The van der Waals surface area contributed by atoms with E-state index in [1.165, 1.54) is 6.07 Å². The van der Waals surface area contributed by atoms with E-state index >= 15 is 0 Å². The molecule has 0 heterocycles. The van der Waals surface area contributed by atoms with Gasteiger partial charge in [-0.15, -0.1) is 0 Å². The van der Waals surface area contributed by atoms with Crippen LogP contribution in [0.5, 0.6) is 17.2 Å². The number of rotatable bonds is 3. The Hall–Kier alpha value is -2.23. The summed E-state index contributed by atoms with van der Waals surface area (Å²) in [6.45, 7) is 6.22. The van der Waals surface area contributed by atoms with E-state index in [0.717, 1.165) is 11.3 Å². The quantitative estimate of drug-likeness (QED) is 0.846. The van der Waals surface area contributed by atoms with Crippen LogP contribution in [0.4, 0.5) is 10.1 Å². The van der Waals surface area contributed by atoms with Crippen LogP contribution in [-0.2, 0) is 5.41 Å². The fourth-order valence-corrected chi connectivity index (χ4v) is 2.04. The minimum absolute atomic E-state index is 0.00757. The number of hydrogen-bond donors (Lipinski definition) is 1. The Morgan fingerprint density at radius 3 is 2.38 bits per heavy atom. The van der Waals surface area contributed by atoms with Crippen molar-refractivity contribution in [2.45, 2.75) is 26.2 Å². The molecule has 0 atom stereocenters. The van der Waals surface area contributed by atoms with Crippen molar-refractivity contribution in [3.8, 4) is 17.2 Å². The summed E-state index contributed by atoms with van der Waals surface area (Å²) in [7, 11) is 1.62. The lowest BCUT2D eigenvalue weighted by molar-refractivity contribution is 0.407. The van der Waals surface area contributed by atoms with Crippen molar-refractivity contribution in [2.75, 3.05) is 12.8 Å². The molecule has 0 aliphatic carbocycles. The molecule has 2 aromatic carbocycles. The van der Waals surface area contributed by atoms with Gasteiger partial charge in [-0.3, -0.25) is 0 Å². The molecule has 2 N–H and O–H groups in total. The molecule has 4 heteroatoms. The highest BCUT2D eigenvalue weighted by Crippen LogP contribution is 2.38. The van der Waals surface area contributed by atoms with Gasteiger partial charge >= 0.3 is 0 Å². The molecule has 0 radical (unpaired) electrons. The third-order valence-corrected chi connectivity index (χ3v) is 3.23. The van der Waals surface area contributed by atoms with E-state index in [4.69, 9.17) is 15.2 Å². The molecule has 3 nitrogen and oxygen atoms in total. The molecule has 21 heavy (non-hydrogen) atoms. The number of nitrogen functional groups attached to an aromatic ring is 1. The lowest BCUT2D eigenvalue weighted by Crippen LogP contribution is -2.13. The molecule has 0 aliphatic rings. The number of anilines is 1. The van der Waals surface area contributed by atoms with Crippen LogP contribution < -0.4 is 15.2 Å². The van der Waals surface area contributed by atoms with Crippen molar-refractivity contribution in [3.05, 3.63) is 47.8 Å². The van der Waals surface area contributed by atoms with E-state index in [1.807, 2.05) is 12.1 Å². The molecule has 2 aromatic rings. The molecular formula is C17H20FNO2. The zero-order valence-corrected chi connectivity index (χ0v) is 12.7. The molecule has 0 spiro atoms. The third-order valence-electron chi connectivity index (χ3n) is 3.23. The van der Waals surface area contributed by atoms with Crippen molar-refractivity contribution < 1.29 is 13.9 Å². The van der Waals surface area contributed by atoms with Crippen molar-refractivity contribution >= 4 is 5.69 Å². The maximum Gasteiger partial charge on any atom is 0.153 e. The molecule has 0 aromatic heterocycles. The molecule has 0 bridgehead atoms. The average molecular weight is 289 g/mol. The van der Waals surface area contributed by atoms with Gasteiger partial charge in [0.25, 0.3) is 0 Å². The number of benzene rings is 2. The number of nitrogens with two attached hydrogens (primary N) is 1. The number of methoxy groups -OCH3 is 1. The van der Waals surface area contributed by atoms with Gasteiger partial charge in [-0.1, -0.05) is 26.8 Å². The van der Waals surface area contributed by atoms with Gasteiger partial charge in [0.1, 0.15) is 23.0 Å². The molecule has 0 aliphatic heterocycles. The van der Waals surface area contributed by atoms with Gasteiger partial charge in [0, 0.05) is 5.56 Å². The predicted octanol–water partition coefficient (Wildman–Crippen LogP) is 4.51. The van der Waals surface area contributed by atoms with Crippen molar-refractivity contribution in [1.29, 1.82) is 0 Å². The minimum Gasteiger partial charge on any atom is -0.497 e. The summed E-state index contributed by atoms with van der Waals surface area (Å²) in [4.78, 5) is 0. The number of hydrogen-bond acceptors (Lipinski definition) is 3. The molecule has 0 unspecified atom stereocenters. The fraction of sp³-hybridized carbons (Fsp3) is 0.294. The zero-order chi connectivity index (χ0) is 15.6.